The van der Waals surface area contributed by atoms with Gasteiger partial charge < -0.3 is 5.32 Å². The number of carbonyl (C=O) groups is 1. The second-order valence-electron chi connectivity index (χ2n) is 8.03. The van der Waals surface area contributed by atoms with Gasteiger partial charge in [-0.25, -0.2) is 14.5 Å². The standard InChI is InChI=1S/C20H16ClFN8O/c21-14-6-11(9-24-18(14)30-25-4-5-26-30)27-19(31)12-8-20(2-1-3-20)17-13(12)10-23-16-7-15(22)28-29(16)17/h4-7,9-10,12H,1-3,8H2,(H,27,31). The highest BCUT2D eigenvalue weighted by atomic mass is 35.5. The van der Waals surface area contributed by atoms with Crippen molar-refractivity contribution in [1.82, 2.24) is 34.6 Å². The minimum Gasteiger partial charge on any atom is -0.324 e. The van der Waals surface area contributed by atoms with E-state index in [0.717, 1.165) is 30.5 Å². The van der Waals surface area contributed by atoms with Crippen LogP contribution in [0, 0.1) is 5.95 Å². The van der Waals surface area contributed by atoms with Gasteiger partial charge in [-0.15, -0.1) is 9.90 Å². The molecule has 1 unspecified atom stereocenters. The summed E-state index contributed by atoms with van der Waals surface area (Å²) in [6, 6.07) is 2.92. The zero-order chi connectivity index (χ0) is 21.2. The van der Waals surface area contributed by atoms with Gasteiger partial charge in [-0.3, -0.25) is 4.79 Å². The number of aromatic nitrogens is 7. The molecule has 6 rings (SSSR count). The van der Waals surface area contributed by atoms with Gasteiger partial charge in [0.15, 0.2) is 11.5 Å². The number of pyridine rings is 1. The number of nitrogens with zero attached hydrogens (tertiary/aromatic N) is 7. The average molecular weight is 439 g/mol. The number of nitrogens with one attached hydrogen (secondary N) is 1. The summed E-state index contributed by atoms with van der Waals surface area (Å²) in [7, 11) is 0. The van der Waals surface area contributed by atoms with Crippen molar-refractivity contribution in [2.75, 3.05) is 5.32 Å². The molecule has 0 bridgehead atoms. The molecule has 1 N–H and O–H groups in total. The molecule has 1 amide bonds. The molecule has 0 aliphatic heterocycles. The van der Waals surface area contributed by atoms with E-state index in [9.17, 15) is 9.18 Å². The first kappa shape index (κ1) is 18.4. The molecule has 4 aromatic heterocycles. The van der Waals surface area contributed by atoms with Gasteiger partial charge in [0.25, 0.3) is 0 Å². The molecule has 1 saturated carbocycles. The Morgan fingerprint density at radius 1 is 1.19 bits per heavy atom. The van der Waals surface area contributed by atoms with E-state index < -0.39 is 11.9 Å². The van der Waals surface area contributed by atoms with Crippen LogP contribution in [0.4, 0.5) is 10.1 Å². The largest absolute Gasteiger partial charge is 0.324 e. The van der Waals surface area contributed by atoms with Crippen LogP contribution in [0.3, 0.4) is 0 Å². The van der Waals surface area contributed by atoms with Crippen molar-refractivity contribution in [3.63, 3.8) is 0 Å². The van der Waals surface area contributed by atoms with Gasteiger partial charge in [0, 0.05) is 23.2 Å². The molecular formula is C20H16ClFN8O. The summed E-state index contributed by atoms with van der Waals surface area (Å²) in [5, 5.41) is 15.2. The highest BCUT2D eigenvalue weighted by molar-refractivity contribution is 6.32. The van der Waals surface area contributed by atoms with Crippen LogP contribution in [0.5, 0.6) is 0 Å². The number of amides is 1. The smallest absolute Gasteiger partial charge is 0.235 e. The molecule has 1 spiro atoms. The van der Waals surface area contributed by atoms with Crippen LogP contribution < -0.4 is 5.32 Å². The lowest BCUT2D eigenvalue weighted by Gasteiger charge is -2.39. The van der Waals surface area contributed by atoms with Crippen LogP contribution >= 0.6 is 11.6 Å². The van der Waals surface area contributed by atoms with Gasteiger partial charge in [0.2, 0.25) is 11.9 Å². The predicted molar refractivity (Wildman–Crippen MR) is 109 cm³/mol. The summed E-state index contributed by atoms with van der Waals surface area (Å²) in [6.45, 7) is 0. The molecular weight excluding hydrogens is 423 g/mol. The molecule has 2 aliphatic carbocycles. The third-order valence-electron chi connectivity index (χ3n) is 6.28. The van der Waals surface area contributed by atoms with Crippen molar-refractivity contribution >= 4 is 28.8 Å². The van der Waals surface area contributed by atoms with E-state index in [2.05, 4.69) is 30.6 Å². The van der Waals surface area contributed by atoms with Crippen LogP contribution in [0.25, 0.3) is 11.5 Å². The van der Waals surface area contributed by atoms with Crippen molar-refractivity contribution in [3.05, 3.63) is 59.1 Å². The summed E-state index contributed by atoms with van der Waals surface area (Å²) < 4.78 is 15.4. The van der Waals surface area contributed by atoms with Gasteiger partial charge in [-0.05, 0) is 25.3 Å². The van der Waals surface area contributed by atoms with E-state index in [1.54, 1.807) is 16.8 Å². The van der Waals surface area contributed by atoms with Crippen LogP contribution in [0.15, 0.2) is 36.9 Å². The Morgan fingerprint density at radius 3 is 2.71 bits per heavy atom. The van der Waals surface area contributed by atoms with E-state index in [1.807, 2.05) is 0 Å². The second-order valence-corrected chi connectivity index (χ2v) is 8.43. The highest BCUT2D eigenvalue weighted by Crippen LogP contribution is 2.56. The highest BCUT2D eigenvalue weighted by Gasteiger charge is 2.52. The fourth-order valence-electron chi connectivity index (χ4n) is 4.78. The number of fused-ring (bicyclic) bond motifs is 4. The molecule has 1 fully saturated rings. The first-order valence-electron chi connectivity index (χ1n) is 9.92. The molecule has 4 aromatic rings. The Kier molecular flexibility index (Phi) is 3.88. The van der Waals surface area contributed by atoms with Gasteiger partial charge >= 0.3 is 0 Å². The molecule has 2 aliphatic rings. The lowest BCUT2D eigenvalue weighted by atomic mass is 9.66. The van der Waals surface area contributed by atoms with Gasteiger partial charge in [-0.2, -0.15) is 14.6 Å². The molecule has 9 nitrogen and oxygen atoms in total. The number of hydrogen-bond donors (Lipinski definition) is 1. The van der Waals surface area contributed by atoms with E-state index in [0.29, 0.717) is 28.6 Å². The van der Waals surface area contributed by atoms with Crippen molar-refractivity contribution in [1.29, 1.82) is 0 Å². The van der Waals surface area contributed by atoms with Crippen molar-refractivity contribution in [2.45, 2.75) is 37.0 Å². The predicted octanol–water partition coefficient (Wildman–Crippen LogP) is 3.05. The van der Waals surface area contributed by atoms with Crippen molar-refractivity contribution in [3.8, 4) is 5.82 Å². The maximum absolute atomic E-state index is 13.8. The average Bonchev–Trinajstić information content (AvgIpc) is 3.43. The molecule has 1 atom stereocenters. The Balaban J connectivity index is 1.33. The fraction of sp³-hybridized carbons (Fsp3) is 0.300. The summed E-state index contributed by atoms with van der Waals surface area (Å²) in [5.74, 6) is -0.792. The number of carbonyl (C=O) groups excluding carboxylic acids is 1. The first-order chi connectivity index (χ1) is 15.0. The Labute approximate surface area is 180 Å². The molecule has 0 radical (unpaired) electrons. The van der Waals surface area contributed by atoms with Crippen LogP contribution in [-0.2, 0) is 10.2 Å². The molecule has 0 saturated heterocycles. The van der Waals surface area contributed by atoms with E-state index in [-0.39, 0.29) is 11.3 Å². The molecule has 31 heavy (non-hydrogen) atoms. The summed E-state index contributed by atoms with van der Waals surface area (Å²) >= 11 is 6.32. The topological polar surface area (TPSA) is 103 Å². The lowest BCUT2D eigenvalue weighted by molar-refractivity contribution is -0.117. The quantitative estimate of drug-likeness (QED) is 0.527. The Bertz CT molecular complexity index is 1330. The maximum Gasteiger partial charge on any atom is 0.235 e. The van der Waals surface area contributed by atoms with Crippen molar-refractivity contribution < 1.29 is 9.18 Å². The molecule has 4 heterocycles. The molecule has 11 heteroatoms. The van der Waals surface area contributed by atoms with Crippen LogP contribution in [0.2, 0.25) is 5.02 Å². The SMILES string of the molecule is O=C(Nc1cnc(-n2nccn2)c(Cl)c1)C1CC2(CCC2)c2c1cnc1cc(F)nn21. The molecule has 0 aromatic carbocycles. The van der Waals surface area contributed by atoms with Gasteiger partial charge in [0.1, 0.15) is 0 Å². The monoisotopic (exact) mass is 438 g/mol. The number of anilines is 1. The minimum atomic E-state index is -0.573. The maximum atomic E-state index is 13.8. The summed E-state index contributed by atoms with van der Waals surface area (Å²) in [6.07, 6.45) is 9.86. The van der Waals surface area contributed by atoms with Crippen LogP contribution in [-0.4, -0.2) is 40.5 Å². The van der Waals surface area contributed by atoms with Gasteiger partial charge in [0.05, 0.1) is 40.9 Å². The third kappa shape index (κ3) is 2.74. The Hall–Kier alpha value is -3.40. The van der Waals surface area contributed by atoms with Crippen molar-refractivity contribution in [2.24, 2.45) is 0 Å². The molecule has 156 valence electrons. The Morgan fingerprint density at radius 2 is 2.00 bits per heavy atom. The summed E-state index contributed by atoms with van der Waals surface area (Å²) in [5.41, 5.74) is 2.47. The number of halogens is 2. The van der Waals surface area contributed by atoms with E-state index in [4.69, 9.17) is 11.6 Å². The number of hydrogen-bond acceptors (Lipinski definition) is 6. The minimum absolute atomic E-state index is 0.164. The van der Waals surface area contributed by atoms with E-state index >= 15 is 0 Å². The van der Waals surface area contributed by atoms with E-state index in [1.165, 1.54) is 29.5 Å². The first-order valence-corrected chi connectivity index (χ1v) is 10.3. The van der Waals surface area contributed by atoms with Crippen LogP contribution in [0.1, 0.15) is 42.9 Å². The second kappa shape index (κ2) is 6.55. The third-order valence-corrected chi connectivity index (χ3v) is 6.56. The summed E-state index contributed by atoms with van der Waals surface area (Å²) in [4.78, 5) is 23.1. The normalized spacial score (nSPS) is 18.8. The zero-order valence-electron chi connectivity index (χ0n) is 16.2. The number of rotatable bonds is 3. The van der Waals surface area contributed by atoms with Gasteiger partial charge in [-0.1, -0.05) is 18.0 Å². The lowest BCUT2D eigenvalue weighted by Crippen LogP contribution is -2.34. The zero-order valence-corrected chi connectivity index (χ0v) is 16.9. The fourth-order valence-corrected chi connectivity index (χ4v) is 5.02.